The summed E-state index contributed by atoms with van der Waals surface area (Å²) in [4.78, 5) is 26.2. The van der Waals surface area contributed by atoms with E-state index in [2.05, 4.69) is 26.6 Å². The largest absolute Gasteiger partial charge is 0.459 e. The third-order valence-corrected chi connectivity index (χ3v) is 6.36. The van der Waals surface area contributed by atoms with Crippen molar-refractivity contribution in [2.24, 2.45) is 0 Å². The molecule has 0 radical (unpaired) electrons. The van der Waals surface area contributed by atoms with Crippen LogP contribution < -0.4 is 10.6 Å². The van der Waals surface area contributed by atoms with Crippen molar-refractivity contribution in [3.63, 3.8) is 0 Å². The second kappa shape index (κ2) is 10.3. The Morgan fingerprint density at radius 2 is 1.44 bits per heavy atom. The zero-order valence-electron chi connectivity index (χ0n) is 16.8. The quantitative estimate of drug-likeness (QED) is 0.271. The lowest BCUT2D eigenvalue weighted by atomic mass is 10.1. The van der Waals surface area contributed by atoms with Crippen LogP contribution in [0.5, 0.6) is 0 Å². The lowest BCUT2D eigenvalue weighted by Gasteiger charge is -2.17. The summed E-state index contributed by atoms with van der Waals surface area (Å²) in [6, 6.07) is 27.8. The first kappa shape index (κ1) is 21.9. The van der Waals surface area contributed by atoms with Crippen LogP contribution in [0, 0.1) is 0 Å². The summed E-state index contributed by atoms with van der Waals surface area (Å²) in [5.41, 5.74) is 2.28. The summed E-state index contributed by atoms with van der Waals surface area (Å²) in [5.74, 6) is -0.178. The first-order chi connectivity index (χ1) is 15.6. The number of anilines is 2. The van der Waals surface area contributed by atoms with Gasteiger partial charge in [-0.2, -0.15) is 0 Å². The van der Waals surface area contributed by atoms with Crippen LogP contribution in [-0.2, 0) is 4.79 Å². The number of furan rings is 1. The highest BCUT2D eigenvalue weighted by molar-refractivity contribution is 9.10. The van der Waals surface area contributed by atoms with Gasteiger partial charge in [0.2, 0.25) is 5.91 Å². The van der Waals surface area contributed by atoms with E-state index in [-0.39, 0.29) is 17.6 Å². The number of amides is 2. The number of benzene rings is 3. The number of hydrogen-bond acceptors (Lipinski definition) is 4. The molecule has 1 atom stereocenters. The van der Waals surface area contributed by atoms with Crippen LogP contribution in [0.25, 0.3) is 0 Å². The molecule has 0 saturated heterocycles. The topological polar surface area (TPSA) is 71.3 Å². The third-order valence-electron chi connectivity index (χ3n) is 4.56. The lowest BCUT2D eigenvalue weighted by molar-refractivity contribution is -0.115. The molecule has 4 aromatic rings. The molecule has 0 aliphatic heterocycles. The van der Waals surface area contributed by atoms with Crippen molar-refractivity contribution in [1.29, 1.82) is 0 Å². The molecule has 1 aromatic heterocycles. The average molecular weight is 507 g/mol. The van der Waals surface area contributed by atoms with Crippen molar-refractivity contribution >= 4 is 50.9 Å². The van der Waals surface area contributed by atoms with Crippen LogP contribution in [-0.4, -0.2) is 11.8 Å². The molecular formula is C25H19BrN2O3S. The summed E-state index contributed by atoms with van der Waals surface area (Å²) in [5, 5.41) is 5.34. The standard InChI is InChI=1S/C25H19BrN2O3S/c26-18-8-10-19(11-9-18)28-25(30)23(17-5-2-1-3-6-17)32-21-14-12-20(13-15-21)27-24(29)22-7-4-16-31-22/h1-16,23H,(H,27,29)(H,28,30). The van der Waals surface area contributed by atoms with Crippen molar-refractivity contribution < 1.29 is 14.0 Å². The maximum atomic E-state index is 13.1. The number of hydrogen-bond donors (Lipinski definition) is 2. The Kier molecular flexibility index (Phi) is 7.09. The molecule has 0 fully saturated rings. The van der Waals surface area contributed by atoms with Crippen molar-refractivity contribution in [3.05, 3.63) is 113 Å². The Morgan fingerprint density at radius 1 is 0.781 bits per heavy atom. The number of carbonyl (C=O) groups excluding carboxylic acids is 2. The van der Waals surface area contributed by atoms with E-state index in [1.807, 2.05) is 66.7 Å². The monoisotopic (exact) mass is 506 g/mol. The predicted molar refractivity (Wildman–Crippen MR) is 131 cm³/mol. The molecule has 2 amide bonds. The Hall–Kier alpha value is -3.29. The lowest BCUT2D eigenvalue weighted by Crippen LogP contribution is -2.19. The van der Waals surface area contributed by atoms with E-state index in [0.29, 0.717) is 5.69 Å². The van der Waals surface area contributed by atoms with Crippen molar-refractivity contribution in [2.75, 3.05) is 10.6 Å². The van der Waals surface area contributed by atoms with Crippen LogP contribution in [0.4, 0.5) is 11.4 Å². The van der Waals surface area contributed by atoms with Gasteiger partial charge in [0, 0.05) is 20.7 Å². The van der Waals surface area contributed by atoms with Crippen molar-refractivity contribution in [3.8, 4) is 0 Å². The van der Waals surface area contributed by atoms with E-state index >= 15 is 0 Å². The van der Waals surface area contributed by atoms with Gasteiger partial charge in [-0.1, -0.05) is 46.3 Å². The highest BCUT2D eigenvalue weighted by Crippen LogP contribution is 2.36. The molecule has 0 spiro atoms. The zero-order valence-corrected chi connectivity index (χ0v) is 19.2. The summed E-state index contributed by atoms with van der Waals surface area (Å²) < 4.78 is 6.06. The number of carbonyl (C=O) groups is 2. The number of thioether (sulfide) groups is 1. The minimum atomic E-state index is -0.441. The summed E-state index contributed by atoms with van der Waals surface area (Å²) >= 11 is 4.85. The fourth-order valence-electron chi connectivity index (χ4n) is 3.00. The smallest absolute Gasteiger partial charge is 0.291 e. The van der Waals surface area contributed by atoms with Gasteiger partial charge >= 0.3 is 0 Å². The number of rotatable bonds is 7. The van der Waals surface area contributed by atoms with E-state index in [4.69, 9.17) is 4.42 Å². The van der Waals surface area contributed by atoms with Gasteiger partial charge in [-0.3, -0.25) is 9.59 Å². The average Bonchev–Trinajstić information content (AvgIpc) is 3.36. The van der Waals surface area contributed by atoms with Gasteiger partial charge in [0.25, 0.3) is 5.91 Å². The minimum absolute atomic E-state index is 0.112. The second-order valence-electron chi connectivity index (χ2n) is 6.86. The van der Waals surface area contributed by atoms with E-state index in [0.717, 1.165) is 20.6 Å². The maximum Gasteiger partial charge on any atom is 0.291 e. The highest BCUT2D eigenvalue weighted by Gasteiger charge is 2.22. The van der Waals surface area contributed by atoms with Crippen LogP contribution >= 0.6 is 27.7 Å². The molecule has 1 heterocycles. The molecule has 0 aliphatic carbocycles. The van der Waals surface area contributed by atoms with E-state index in [9.17, 15) is 9.59 Å². The molecule has 5 nitrogen and oxygen atoms in total. The number of halogens is 1. The van der Waals surface area contributed by atoms with E-state index in [1.54, 1.807) is 24.3 Å². The molecule has 160 valence electrons. The molecular weight excluding hydrogens is 488 g/mol. The predicted octanol–water partition coefficient (Wildman–Crippen LogP) is 6.77. The number of nitrogens with one attached hydrogen (secondary N) is 2. The van der Waals surface area contributed by atoms with Crippen LogP contribution in [0.2, 0.25) is 0 Å². The molecule has 2 N–H and O–H groups in total. The van der Waals surface area contributed by atoms with E-state index < -0.39 is 5.25 Å². The van der Waals surface area contributed by atoms with Crippen LogP contribution in [0.1, 0.15) is 21.4 Å². The van der Waals surface area contributed by atoms with Crippen molar-refractivity contribution in [1.82, 2.24) is 0 Å². The Balaban J connectivity index is 1.49. The molecule has 0 bridgehead atoms. The van der Waals surface area contributed by atoms with Gasteiger partial charge in [0.05, 0.1) is 6.26 Å². The van der Waals surface area contributed by atoms with Gasteiger partial charge in [-0.15, -0.1) is 11.8 Å². The Labute approximate surface area is 198 Å². The fraction of sp³-hybridized carbons (Fsp3) is 0.0400. The SMILES string of the molecule is O=C(Nc1ccc(SC(C(=O)Nc2ccc(Br)cc2)c2ccccc2)cc1)c1ccco1. The van der Waals surface area contributed by atoms with Gasteiger partial charge < -0.3 is 15.1 Å². The third kappa shape index (κ3) is 5.69. The van der Waals surface area contributed by atoms with Crippen LogP contribution in [0.15, 0.2) is 111 Å². The summed E-state index contributed by atoms with van der Waals surface area (Å²) in [6.07, 6.45) is 1.46. The van der Waals surface area contributed by atoms with Crippen LogP contribution in [0.3, 0.4) is 0 Å². The van der Waals surface area contributed by atoms with Gasteiger partial charge in [-0.05, 0) is 66.2 Å². The van der Waals surface area contributed by atoms with Gasteiger partial charge in [0.1, 0.15) is 5.25 Å². The van der Waals surface area contributed by atoms with Crippen molar-refractivity contribution in [2.45, 2.75) is 10.1 Å². The van der Waals surface area contributed by atoms with E-state index in [1.165, 1.54) is 18.0 Å². The molecule has 0 aliphatic rings. The van der Waals surface area contributed by atoms with Gasteiger partial charge in [-0.25, -0.2) is 0 Å². The second-order valence-corrected chi connectivity index (χ2v) is 8.95. The van der Waals surface area contributed by atoms with Gasteiger partial charge in [0.15, 0.2) is 5.76 Å². The molecule has 32 heavy (non-hydrogen) atoms. The highest BCUT2D eigenvalue weighted by atomic mass is 79.9. The maximum absolute atomic E-state index is 13.1. The summed E-state index contributed by atoms with van der Waals surface area (Å²) in [7, 11) is 0. The Bertz CT molecular complexity index is 1180. The zero-order chi connectivity index (χ0) is 22.3. The minimum Gasteiger partial charge on any atom is -0.459 e. The molecule has 3 aromatic carbocycles. The molecule has 1 unspecified atom stereocenters. The fourth-order valence-corrected chi connectivity index (χ4v) is 4.28. The summed E-state index contributed by atoms with van der Waals surface area (Å²) in [6.45, 7) is 0. The first-order valence-electron chi connectivity index (χ1n) is 9.81. The first-order valence-corrected chi connectivity index (χ1v) is 11.5. The molecule has 4 rings (SSSR count). The molecule has 7 heteroatoms. The normalized spacial score (nSPS) is 11.5. The Morgan fingerprint density at radius 3 is 2.09 bits per heavy atom. The molecule has 0 saturated carbocycles.